The summed E-state index contributed by atoms with van der Waals surface area (Å²) in [4.78, 5) is 36.2. The number of nitro groups is 1. The van der Waals surface area contributed by atoms with Gasteiger partial charge in [0.2, 0.25) is 0 Å². The molecule has 3 rings (SSSR count). The summed E-state index contributed by atoms with van der Waals surface area (Å²) in [6.45, 7) is 0. The van der Waals surface area contributed by atoms with E-state index in [0.717, 1.165) is 4.47 Å². The summed E-state index contributed by atoms with van der Waals surface area (Å²) >= 11 is 3.31. The lowest BCUT2D eigenvalue weighted by molar-refractivity contribution is -0.384. The normalized spacial score (nSPS) is 10.9. The van der Waals surface area contributed by atoms with Crippen molar-refractivity contribution in [3.05, 3.63) is 104 Å². The Balaban J connectivity index is 1.91. The van der Waals surface area contributed by atoms with E-state index < -0.39 is 16.7 Å². The number of halogens is 1. The molecular weight excluding hydrogens is 478 g/mol. The van der Waals surface area contributed by atoms with E-state index in [9.17, 15) is 19.7 Å². The minimum Gasteiger partial charge on any atom is -0.497 e. The maximum Gasteiger partial charge on any atom is 0.272 e. The second-order valence-corrected chi connectivity index (χ2v) is 7.47. The molecule has 0 saturated heterocycles. The molecule has 0 aliphatic heterocycles. The SMILES string of the molecule is COc1ccc(NC(=O)C(=Cc2cccc([N+](=O)[O-])c2)NC(=O)c2ccc(Br)cc2)cc1. The molecular formula is C23H18BrN3O5. The molecule has 0 unspecified atom stereocenters. The fourth-order valence-electron chi connectivity index (χ4n) is 2.72. The van der Waals surface area contributed by atoms with Crippen molar-refractivity contribution in [2.45, 2.75) is 0 Å². The number of carbonyl (C=O) groups is 2. The molecule has 162 valence electrons. The second kappa shape index (κ2) is 10.4. The van der Waals surface area contributed by atoms with E-state index in [-0.39, 0.29) is 11.4 Å². The molecule has 0 atom stereocenters. The van der Waals surface area contributed by atoms with Crippen LogP contribution in [0.5, 0.6) is 5.75 Å². The van der Waals surface area contributed by atoms with E-state index in [4.69, 9.17) is 4.74 Å². The van der Waals surface area contributed by atoms with Gasteiger partial charge in [-0.2, -0.15) is 0 Å². The number of anilines is 1. The van der Waals surface area contributed by atoms with Gasteiger partial charge in [0.15, 0.2) is 0 Å². The summed E-state index contributed by atoms with van der Waals surface area (Å²) in [5.41, 5.74) is 1.01. The van der Waals surface area contributed by atoms with Gasteiger partial charge in [0, 0.05) is 27.9 Å². The van der Waals surface area contributed by atoms with Gasteiger partial charge >= 0.3 is 0 Å². The molecule has 9 heteroatoms. The Bertz CT molecular complexity index is 1170. The third kappa shape index (κ3) is 6.02. The van der Waals surface area contributed by atoms with Crippen molar-refractivity contribution in [3.63, 3.8) is 0 Å². The summed E-state index contributed by atoms with van der Waals surface area (Å²) < 4.78 is 5.91. The second-order valence-electron chi connectivity index (χ2n) is 6.55. The lowest BCUT2D eigenvalue weighted by Crippen LogP contribution is -2.30. The number of amides is 2. The largest absolute Gasteiger partial charge is 0.497 e. The van der Waals surface area contributed by atoms with Crippen molar-refractivity contribution >= 4 is 45.2 Å². The molecule has 0 radical (unpaired) electrons. The number of carbonyl (C=O) groups excluding carboxylic acids is 2. The van der Waals surface area contributed by atoms with Crippen LogP contribution in [0.1, 0.15) is 15.9 Å². The van der Waals surface area contributed by atoms with Gasteiger partial charge < -0.3 is 15.4 Å². The van der Waals surface area contributed by atoms with Crippen molar-refractivity contribution < 1.29 is 19.2 Å². The summed E-state index contributed by atoms with van der Waals surface area (Å²) in [5.74, 6) is -0.468. The number of nitrogens with one attached hydrogen (secondary N) is 2. The molecule has 2 amide bonds. The molecule has 3 aromatic rings. The number of hydrogen-bond donors (Lipinski definition) is 2. The van der Waals surface area contributed by atoms with E-state index in [1.54, 1.807) is 54.6 Å². The summed E-state index contributed by atoms with van der Waals surface area (Å²) in [5, 5.41) is 16.4. The molecule has 0 spiro atoms. The third-order valence-corrected chi connectivity index (χ3v) is 4.87. The first-order valence-electron chi connectivity index (χ1n) is 9.34. The fourth-order valence-corrected chi connectivity index (χ4v) is 2.99. The Morgan fingerprint density at radius 3 is 2.34 bits per heavy atom. The number of non-ortho nitro benzene ring substituents is 1. The maximum atomic E-state index is 12.9. The lowest BCUT2D eigenvalue weighted by atomic mass is 10.1. The van der Waals surface area contributed by atoms with E-state index in [1.165, 1.54) is 31.4 Å². The Morgan fingerprint density at radius 1 is 1.03 bits per heavy atom. The molecule has 0 bridgehead atoms. The van der Waals surface area contributed by atoms with Gasteiger partial charge in [0.1, 0.15) is 11.4 Å². The molecule has 8 nitrogen and oxygen atoms in total. The number of methoxy groups -OCH3 is 1. The lowest BCUT2D eigenvalue weighted by Gasteiger charge is -2.12. The molecule has 0 fully saturated rings. The zero-order valence-electron chi connectivity index (χ0n) is 16.9. The van der Waals surface area contributed by atoms with Crippen LogP contribution < -0.4 is 15.4 Å². The summed E-state index contributed by atoms with van der Waals surface area (Å²) in [7, 11) is 1.53. The summed E-state index contributed by atoms with van der Waals surface area (Å²) in [6.07, 6.45) is 1.38. The Hall–Kier alpha value is -3.98. The quantitative estimate of drug-likeness (QED) is 0.278. The van der Waals surface area contributed by atoms with E-state index >= 15 is 0 Å². The number of hydrogen-bond acceptors (Lipinski definition) is 5. The highest BCUT2D eigenvalue weighted by Crippen LogP contribution is 2.18. The van der Waals surface area contributed by atoms with Gasteiger partial charge in [0.05, 0.1) is 12.0 Å². The van der Waals surface area contributed by atoms with Crippen LogP contribution in [0.15, 0.2) is 83.0 Å². The van der Waals surface area contributed by atoms with E-state index in [0.29, 0.717) is 22.6 Å². The Kier molecular flexibility index (Phi) is 7.35. The van der Waals surface area contributed by atoms with Crippen molar-refractivity contribution in [3.8, 4) is 5.75 Å². The predicted octanol–water partition coefficient (Wildman–Crippen LogP) is 4.78. The number of nitro benzene ring substituents is 1. The van der Waals surface area contributed by atoms with Crippen LogP contribution in [-0.2, 0) is 4.79 Å². The van der Waals surface area contributed by atoms with Gasteiger partial charge in [-0.15, -0.1) is 0 Å². The number of nitrogens with zero attached hydrogens (tertiary/aromatic N) is 1. The number of benzene rings is 3. The highest BCUT2D eigenvalue weighted by molar-refractivity contribution is 9.10. The number of rotatable bonds is 7. The van der Waals surface area contributed by atoms with Crippen LogP contribution in [0.2, 0.25) is 0 Å². The van der Waals surface area contributed by atoms with Crippen LogP contribution in [0.3, 0.4) is 0 Å². The maximum absolute atomic E-state index is 12.9. The van der Waals surface area contributed by atoms with Crippen molar-refractivity contribution in [2.24, 2.45) is 0 Å². The van der Waals surface area contributed by atoms with Crippen molar-refractivity contribution in [1.29, 1.82) is 0 Å². The van der Waals surface area contributed by atoms with E-state index in [1.807, 2.05) is 0 Å². The molecule has 0 saturated carbocycles. The Labute approximate surface area is 192 Å². The number of ether oxygens (including phenoxy) is 1. The van der Waals surface area contributed by atoms with Gasteiger partial charge in [-0.05, 0) is 60.2 Å². The standard InChI is InChI=1S/C23H18BrN3O5/c1-32-20-11-9-18(10-12-20)25-23(29)21(14-15-3-2-4-19(13-15)27(30)31)26-22(28)16-5-7-17(24)8-6-16/h2-14H,1H3,(H,25,29)(H,26,28). The highest BCUT2D eigenvalue weighted by atomic mass is 79.9. The molecule has 3 aromatic carbocycles. The zero-order chi connectivity index (χ0) is 23.1. The van der Waals surface area contributed by atoms with Crippen molar-refractivity contribution in [2.75, 3.05) is 12.4 Å². The molecule has 0 heterocycles. The van der Waals surface area contributed by atoms with Crippen LogP contribution in [0.25, 0.3) is 6.08 Å². The van der Waals surface area contributed by atoms with Crippen LogP contribution >= 0.6 is 15.9 Å². The molecule has 2 N–H and O–H groups in total. The van der Waals surface area contributed by atoms with Crippen LogP contribution in [-0.4, -0.2) is 23.8 Å². The average Bonchev–Trinajstić information content (AvgIpc) is 2.79. The van der Waals surface area contributed by atoms with Gasteiger partial charge in [0.25, 0.3) is 17.5 Å². The molecule has 32 heavy (non-hydrogen) atoms. The van der Waals surface area contributed by atoms with Gasteiger partial charge in [-0.1, -0.05) is 28.1 Å². The van der Waals surface area contributed by atoms with Gasteiger partial charge in [-0.25, -0.2) is 0 Å². The van der Waals surface area contributed by atoms with Crippen molar-refractivity contribution in [1.82, 2.24) is 5.32 Å². The minimum atomic E-state index is -0.591. The van der Waals surface area contributed by atoms with Gasteiger partial charge in [-0.3, -0.25) is 19.7 Å². The highest BCUT2D eigenvalue weighted by Gasteiger charge is 2.16. The molecule has 0 aromatic heterocycles. The first kappa shape index (κ1) is 22.7. The minimum absolute atomic E-state index is 0.0748. The van der Waals surface area contributed by atoms with Crippen LogP contribution in [0, 0.1) is 10.1 Å². The monoisotopic (exact) mass is 495 g/mol. The topological polar surface area (TPSA) is 111 Å². The Morgan fingerprint density at radius 2 is 1.72 bits per heavy atom. The first-order chi connectivity index (χ1) is 15.4. The van der Waals surface area contributed by atoms with Crippen LogP contribution in [0.4, 0.5) is 11.4 Å². The van der Waals surface area contributed by atoms with E-state index in [2.05, 4.69) is 26.6 Å². The fraction of sp³-hybridized carbons (Fsp3) is 0.0435. The third-order valence-electron chi connectivity index (χ3n) is 4.34. The first-order valence-corrected chi connectivity index (χ1v) is 10.1. The average molecular weight is 496 g/mol. The molecule has 0 aliphatic carbocycles. The summed E-state index contributed by atoms with van der Waals surface area (Å²) in [6, 6.07) is 19.0. The predicted molar refractivity (Wildman–Crippen MR) is 124 cm³/mol. The zero-order valence-corrected chi connectivity index (χ0v) is 18.5. The molecule has 0 aliphatic rings. The smallest absolute Gasteiger partial charge is 0.272 e.